The summed E-state index contributed by atoms with van der Waals surface area (Å²) in [5.74, 6) is 0.635. The standard InChI is InChI=1S/C19H19N3O5S/c1-12-10-13(4-9-16(12)26-2)11-17(23)20-19-22-21-18(27-19)14-5-7-15(8-6-14)28(3,24)25/h4-10H,11H2,1-3H3,(H,20,22,23). The summed E-state index contributed by atoms with van der Waals surface area (Å²) >= 11 is 0. The average Bonchev–Trinajstić information content (AvgIpc) is 3.09. The molecular formula is C19H19N3O5S. The van der Waals surface area contributed by atoms with E-state index in [0.717, 1.165) is 23.1 Å². The molecule has 0 unspecified atom stereocenters. The Morgan fingerprint density at radius 2 is 1.86 bits per heavy atom. The number of benzene rings is 2. The lowest BCUT2D eigenvalue weighted by molar-refractivity contribution is -0.115. The molecule has 1 amide bonds. The van der Waals surface area contributed by atoms with E-state index in [2.05, 4.69) is 15.5 Å². The molecule has 0 radical (unpaired) electrons. The molecule has 3 rings (SSSR count). The van der Waals surface area contributed by atoms with E-state index in [1.54, 1.807) is 19.2 Å². The van der Waals surface area contributed by atoms with Gasteiger partial charge in [-0.25, -0.2) is 8.42 Å². The van der Waals surface area contributed by atoms with Crippen LogP contribution in [0.2, 0.25) is 0 Å². The summed E-state index contributed by atoms with van der Waals surface area (Å²) in [5, 5.41) is 10.2. The van der Waals surface area contributed by atoms with Crippen LogP contribution in [0, 0.1) is 6.92 Å². The molecule has 28 heavy (non-hydrogen) atoms. The van der Waals surface area contributed by atoms with Crippen molar-refractivity contribution in [3.8, 4) is 17.2 Å². The van der Waals surface area contributed by atoms with E-state index < -0.39 is 9.84 Å². The minimum Gasteiger partial charge on any atom is -0.496 e. The minimum atomic E-state index is -3.28. The molecule has 0 aliphatic carbocycles. The van der Waals surface area contributed by atoms with E-state index in [-0.39, 0.29) is 29.1 Å². The fraction of sp³-hybridized carbons (Fsp3) is 0.211. The molecule has 0 aliphatic heterocycles. The van der Waals surface area contributed by atoms with Crippen LogP contribution >= 0.6 is 0 Å². The number of ether oxygens (including phenoxy) is 1. The highest BCUT2D eigenvalue weighted by Gasteiger charge is 2.14. The highest BCUT2D eigenvalue weighted by molar-refractivity contribution is 7.90. The number of anilines is 1. The molecule has 0 fully saturated rings. The highest BCUT2D eigenvalue weighted by atomic mass is 32.2. The van der Waals surface area contributed by atoms with E-state index >= 15 is 0 Å². The number of aromatic nitrogens is 2. The van der Waals surface area contributed by atoms with Gasteiger partial charge >= 0.3 is 6.01 Å². The van der Waals surface area contributed by atoms with Crippen LogP contribution in [0.3, 0.4) is 0 Å². The molecule has 3 aromatic rings. The Hall–Kier alpha value is -3.20. The lowest BCUT2D eigenvalue weighted by Crippen LogP contribution is -2.14. The second-order valence-electron chi connectivity index (χ2n) is 6.24. The van der Waals surface area contributed by atoms with Crippen molar-refractivity contribution in [2.75, 3.05) is 18.7 Å². The Bertz CT molecular complexity index is 1100. The highest BCUT2D eigenvalue weighted by Crippen LogP contribution is 2.22. The Morgan fingerprint density at radius 3 is 2.46 bits per heavy atom. The average molecular weight is 401 g/mol. The molecule has 0 atom stereocenters. The number of rotatable bonds is 6. The zero-order valence-corrected chi connectivity index (χ0v) is 16.4. The number of hydrogen-bond donors (Lipinski definition) is 1. The zero-order valence-electron chi connectivity index (χ0n) is 15.6. The molecule has 0 saturated heterocycles. The Kier molecular flexibility index (Phi) is 5.46. The van der Waals surface area contributed by atoms with Crippen molar-refractivity contribution in [3.05, 3.63) is 53.6 Å². The van der Waals surface area contributed by atoms with Crippen molar-refractivity contribution in [3.63, 3.8) is 0 Å². The Balaban J connectivity index is 1.67. The molecule has 0 saturated carbocycles. The topological polar surface area (TPSA) is 111 Å². The van der Waals surface area contributed by atoms with Crippen molar-refractivity contribution in [1.29, 1.82) is 0 Å². The van der Waals surface area contributed by atoms with Gasteiger partial charge in [-0.2, -0.15) is 0 Å². The molecule has 0 spiro atoms. The first-order valence-electron chi connectivity index (χ1n) is 8.33. The van der Waals surface area contributed by atoms with Gasteiger partial charge in [-0.15, -0.1) is 5.10 Å². The summed E-state index contributed by atoms with van der Waals surface area (Å²) in [6.07, 6.45) is 1.28. The van der Waals surface area contributed by atoms with E-state index in [9.17, 15) is 13.2 Å². The van der Waals surface area contributed by atoms with Crippen LogP contribution in [0.4, 0.5) is 6.01 Å². The molecule has 0 bridgehead atoms. The number of sulfone groups is 1. The molecule has 146 valence electrons. The first-order chi connectivity index (χ1) is 13.3. The van der Waals surface area contributed by atoms with Gasteiger partial charge in [0.15, 0.2) is 9.84 Å². The van der Waals surface area contributed by atoms with Gasteiger partial charge in [-0.1, -0.05) is 17.2 Å². The number of nitrogens with zero attached hydrogens (tertiary/aromatic N) is 2. The van der Waals surface area contributed by atoms with Crippen LogP contribution in [0.25, 0.3) is 11.5 Å². The third kappa shape index (κ3) is 4.55. The van der Waals surface area contributed by atoms with Crippen LogP contribution < -0.4 is 10.1 Å². The lowest BCUT2D eigenvalue weighted by Gasteiger charge is -2.07. The van der Waals surface area contributed by atoms with E-state index in [1.807, 2.05) is 25.1 Å². The summed E-state index contributed by atoms with van der Waals surface area (Å²) in [5.41, 5.74) is 2.31. The van der Waals surface area contributed by atoms with Gasteiger partial charge in [0.1, 0.15) is 5.75 Å². The second-order valence-corrected chi connectivity index (χ2v) is 8.25. The molecular weight excluding hydrogens is 382 g/mol. The molecule has 9 heteroatoms. The Labute approximate surface area is 162 Å². The van der Waals surface area contributed by atoms with Gasteiger partial charge in [0.25, 0.3) is 0 Å². The summed E-state index contributed by atoms with van der Waals surface area (Å²) in [6, 6.07) is 11.5. The van der Waals surface area contributed by atoms with Crippen LogP contribution in [-0.4, -0.2) is 37.9 Å². The number of methoxy groups -OCH3 is 1. The van der Waals surface area contributed by atoms with Gasteiger partial charge in [0, 0.05) is 11.8 Å². The van der Waals surface area contributed by atoms with Crippen LogP contribution in [0.15, 0.2) is 51.8 Å². The predicted octanol–water partition coefficient (Wildman–Crippen LogP) is 2.64. The van der Waals surface area contributed by atoms with Gasteiger partial charge in [0.2, 0.25) is 11.8 Å². The number of carbonyl (C=O) groups is 1. The van der Waals surface area contributed by atoms with Crippen LogP contribution in [0.5, 0.6) is 5.75 Å². The second kappa shape index (κ2) is 7.81. The summed E-state index contributed by atoms with van der Waals surface area (Å²) in [4.78, 5) is 12.4. The molecule has 1 heterocycles. The quantitative estimate of drug-likeness (QED) is 0.676. The van der Waals surface area contributed by atoms with Crippen molar-refractivity contribution in [1.82, 2.24) is 10.2 Å². The van der Waals surface area contributed by atoms with E-state index in [1.165, 1.54) is 12.1 Å². The van der Waals surface area contributed by atoms with Crippen LogP contribution in [-0.2, 0) is 21.1 Å². The smallest absolute Gasteiger partial charge is 0.322 e. The number of hydrogen-bond acceptors (Lipinski definition) is 7. The van der Waals surface area contributed by atoms with E-state index in [0.29, 0.717) is 5.56 Å². The first-order valence-corrected chi connectivity index (χ1v) is 10.2. The fourth-order valence-electron chi connectivity index (χ4n) is 2.63. The molecule has 2 aromatic carbocycles. The maximum Gasteiger partial charge on any atom is 0.322 e. The zero-order chi connectivity index (χ0) is 20.3. The fourth-order valence-corrected chi connectivity index (χ4v) is 3.26. The number of amides is 1. The molecule has 1 N–H and O–H groups in total. The molecule has 1 aromatic heterocycles. The minimum absolute atomic E-state index is 0.0302. The normalized spacial score (nSPS) is 11.2. The first kappa shape index (κ1) is 19.6. The van der Waals surface area contributed by atoms with Crippen molar-refractivity contribution >= 4 is 21.8 Å². The maximum absolute atomic E-state index is 12.2. The van der Waals surface area contributed by atoms with Crippen molar-refractivity contribution < 1.29 is 22.4 Å². The third-order valence-electron chi connectivity index (χ3n) is 4.02. The molecule has 0 aliphatic rings. The van der Waals surface area contributed by atoms with Gasteiger partial charge in [-0.3, -0.25) is 10.1 Å². The predicted molar refractivity (Wildman–Crippen MR) is 103 cm³/mol. The van der Waals surface area contributed by atoms with Crippen molar-refractivity contribution in [2.24, 2.45) is 0 Å². The number of carbonyl (C=O) groups excluding carboxylic acids is 1. The third-order valence-corrected chi connectivity index (χ3v) is 5.15. The largest absolute Gasteiger partial charge is 0.496 e. The summed E-state index contributed by atoms with van der Waals surface area (Å²) in [6.45, 7) is 1.90. The maximum atomic E-state index is 12.2. The van der Waals surface area contributed by atoms with Crippen molar-refractivity contribution in [2.45, 2.75) is 18.2 Å². The monoisotopic (exact) mass is 401 g/mol. The van der Waals surface area contributed by atoms with E-state index in [4.69, 9.17) is 9.15 Å². The Morgan fingerprint density at radius 1 is 1.14 bits per heavy atom. The SMILES string of the molecule is COc1ccc(CC(=O)Nc2nnc(-c3ccc(S(C)(=O)=O)cc3)o2)cc1C. The molecule has 8 nitrogen and oxygen atoms in total. The lowest BCUT2D eigenvalue weighted by atomic mass is 10.1. The van der Waals surface area contributed by atoms with Gasteiger partial charge < -0.3 is 9.15 Å². The summed E-state index contributed by atoms with van der Waals surface area (Å²) in [7, 11) is -1.69. The number of nitrogens with one attached hydrogen (secondary N) is 1. The summed E-state index contributed by atoms with van der Waals surface area (Å²) < 4.78 is 33.7. The van der Waals surface area contributed by atoms with Crippen LogP contribution in [0.1, 0.15) is 11.1 Å². The number of aryl methyl sites for hydroxylation is 1. The van der Waals surface area contributed by atoms with Gasteiger partial charge in [-0.05, 0) is 48.4 Å². The van der Waals surface area contributed by atoms with Gasteiger partial charge in [0.05, 0.1) is 18.4 Å².